The Kier molecular flexibility index (Phi) is 7.33. The molecule has 1 aliphatic rings. The number of thiophene rings is 1. The molecule has 1 aromatic carbocycles. The van der Waals surface area contributed by atoms with Crippen molar-refractivity contribution < 1.29 is 14.3 Å². The lowest BCUT2D eigenvalue weighted by Gasteiger charge is -2.30. The Bertz CT molecular complexity index is 1190. The minimum atomic E-state index is -0.648. The molecule has 3 heterocycles. The molecule has 0 saturated carbocycles. The van der Waals surface area contributed by atoms with E-state index in [9.17, 15) is 9.59 Å². The number of ether oxygens (including phenoxy) is 1. The van der Waals surface area contributed by atoms with Gasteiger partial charge in [-0.1, -0.05) is 43.9 Å². The van der Waals surface area contributed by atoms with E-state index in [1.54, 1.807) is 17.5 Å². The normalized spacial score (nSPS) is 16.1. The summed E-state index contributed by atoms with van der Waals surface area (Å²) in [5, 5.41) is 4.69. The zero-order valence-electron chi connectivity index (χ0n) is 19.5. The molecule has 2 aromatic heterocycles. The Morgan fingerprint density at radius 3 is 2.71 bits per heavy atom. The van der Waals surface area contributed by atoms with Crippen LogP contribution in [-0.4, -0.2) is 46.6 Å². The molecule has 1 saturated heterocycles. The van der Waals surface area contributed by atoms with Crippen molar-refractivity contribution >= 4 is 23.3 Å². The highest BCUT2D eigenvalue weighted by Crippen LogP contribution is 2.32. The number of amides is 2. The van der Waals surface area contributed by atoms with Crippen LogP contribution in [0.2, 0.25) is 0 Å². The van der Waals surface area contributed by atoms with Gasteiger partial charge in [-0.05, 0) is 47.9 Å². The van der Waals surface area contributed by atoms with E-state index in [0.29, 0.717) is 6.54 Å². The average Bonchev–Trinajstić information content (AvgIpc) is 3.61. The average molecular weight is 477 g/mol. The Labute approximate surface area is 203 Å². The Morgan fingerprint density at radius 1 is 1.24 bits per heavy atom. The predicted molar refractivity (Wildman–Crippen MR) is 132 cm³/mol. The second kappa shape index (κ2) is 10.6. The summed E-state index contributed by atoms with van der Waals surface area (Å²) in [7, 11) is 1.29. The minimum Gasteiger partial charge on any atom is -0.453 e. The maximum Gasteiger partial charge on any atom is 0.407 e. The standard InChI is InChI=1S/C26H28N4O3S/c1-17(2)23(29-26(32)33-3)25(31)30-14-4-7-22(30)24-27-16-21(28-24)19-11-8-18(9-12-19)10-13-20-6-5-15-34-20/h5-6,8-9,11-12,15-17,22-23H,4,7,14H2,1-3H3,(H,27,28)(H,29,32)/t22-,23-/m0/s1. The molecule has 2 atom stereocenters. The van der Waals surface area contributed by atoms with Gasteiger partial charge >= 0.3 is 6.09 Å². The Hall–Kier alpha value is -3.57. The first kappa shape index (κ1) is 23.6. The smallest absolute Gasteiger partial charge is 0.407 e. The van der Waals surface area contributed by atoms with Crippen molar-refractivity contribution in [2.75, 3.05) is 13.7 Å². The summed E-state index contributed by atoms with van der Waals surface area (Å²) >= 11 is 1.62. The van der Waals surface area contributed by atoms with Crippen molar-refractivity contribution in [3.05, 3.63) is 64.2 Å². The highest BCUT2D eigenvalue weighted by atomic mass is 32.1. The van der Waals surface area contributed by atoms with Crippen molar-refractivity contribution in [2.24, 2.45) is 5.92 Å². The van der Waals surface area contributed by atoms with Gasteiger partial charge in [0.05, 0.1) is 29.9 Å². The number of rotatable bonds is 5. The highest BCUT2D eigenvalue weighted by Gasteiger charge is 2.37. The SMILES string of the molecule is COC(=O)N[C@H](C(=O)N1CCC[C@H]1c1ncc(-c2ccc(C#Cc3cccs3)cc2)[nH]1)C(C)C. The lowest BCUT2D eigenvalue weighted by molar-refractivity contribution is -0.135. The van der Waals surface area contributed by atoms with Crippen molar-refractivity contribution in [3.8, 4) is 23.1 Å². The van der Waals surface area contributed by atoms with Gasteiger partial charge in [-0.25, -0.2) is 9.78 Å². The molecule has 176 valence electrons. The maximum atomic E-state index is 13.3. The van der Waals surface area contributed by atoms with Gasteiger partial charge in [-0.3, -0.25) is 4.79 Å². The van der Waals surface area contributed by atoms with E-state index in [2.05, 4.69) is 27.1 Å². The minimum absolute atomic E-state index is 0.0681. The number of H-pyrrole nitrogens is 1. The Morgan fingerprint density at radius 2 is 2.03 bits per heavy atom. The molecule has 1 fully saturated rings. The number of carbonyl (C=O) groups excluding carboxylic acids is 2. The van der Waals surface area contributed by atoms with Crippen molar-refractivity contribution in [1.82, 2.24) is 20.2 Å². The van der Waals surface area contributed by atoms with Crippen LogP contribution in [0.1, 0.15) is 49.0 Å². The van der Waals surface area contributed by atoms with Crippen LogP contribution in [0, 0.1) is 17.8 Å². The number of likely N-dealkylation sites (tertiary alicyclic amines) is 1. The molecule has 0 aliphatic carbocycles. The van der Waals surface area contributed by atoms with E-state index in [4.69, 9.17) is 4.74 Å². The number of nitrogens with one attached hydrogen (secondary N) is 2. The van der Waals surface area contributed by atoms with Gasteiger partial charge in [0.25, 0.3) is 0 Å². The predicted octanol–water partition coefficient (Wildman–Crippen LogP) is 4.58. The molecule has 2 amide bonds. The number of imidazole rings is 1. The van der Waals surface area contributed by atoms with E-state index in [0.717, 1.165) is 40.4 Å². The zero-order chi connectivity index (χ0) is 24.1. The number of hydrogen-bond donors (Lipinski definition) is 2. The summed E-state index contributed by atoms with van der Waals surface area (Å²) in [4.78, 5) is 35.9. The number of methoxy groups -OCH3 is 1. The third-order valence-corrected chi connectivity index (χ3v) is 6.67. The van der Waals surface area contributed by atoms with E-state index in [-0.39, 0.29) is 17.9 Å². The summed E-state index contributed by atoms with van der Waals surface area (Å²) in [6.45, 7) is 4.44. The molecule has 7 nitrogen and oxygen atoms in total. The number of hydrogen-bond acceptors (Lipinski definition) is 5. The molecule has 2 N–H and O–H groups in total. The molecule has 0 bridgehead atoms. The van der Waals surface area contributed by atoms with E-state index in [1.165, 1.54) is 7.11 Å². The van der Waals surface area contributed by atoms with E-state index in [1.807, 2.05) is 60.5 Å². The van der Waals surface area contributed by atoms with Crippen LogP contribution in [-0.2, 0) is 9.53 Å². The second-order valence-electron chi connectivity index (χ2n) is 8.53. The van der Waals surface area contributed by atoms with Gasteiger partial charge in [0.1, 0.15) is 11.9 Å². The summed E-state index contributed by atoms with van der Waals surface area (Å²) < 4.78 is 4.70. The first-order chi connectivity index (χ1) is 16.5. The molecule has 4 rings (SSSR count). The number of nitrogens with zero attached hydrogens (tertiary/aromatic N) is 2. The van der Waals surface area contributed by atoms with Gasteiger partial charge in [-0.15, -0.1) is 11.3 Å². The summed E-state index contributed by atoms with van der Waals surface area (Å²) in [5.74, 6) is 6.92. The van der Waals surface area contributed by atoms with Crippen molar-refractivity contribution in [3.63, 3.8) is 0 Å². The van der Waals surface area contributed by atoms with Gasteiger partial charge in [0, 0.05) is 12.1 Å². The van der Waals surface area contributed by atoms with E-state index >= 15 is 0 Å². The second-order valence-corrected chi connectivity index (χ2v) is 9.48. The summed E-state index contributed by atoms with van der Waals surface area (Å²) in [5.41, 5.74) is 2.84. The Balaban J connectivity index is 1.48. The number of aromatic amines is 1. The van der Waals surface area contributed by atoms with Crippen LogP contribution in [0.5, 0.6) is 0 Å². The fourth-order valence-corrected chi connectivity index (χ4v) is 4.63. The van der Waals surface area contributed by atoms with Gasteiger partial charge in [0.2, 0.25) is 5.91 Å². The largest absolute Gasteiger partial charge is 0.453 e. The van der Waals surface area contributed by atoms with Crippen LogP contribution in [0.15, 0.2) is 48.0 Å². The van der Waals surface area contributed by atoms with Crippen LogP contribution in [0.4, 0.5) is 4.79 Å². The van der Waals surface area contributed by atoms with Crippen LogP contribution < -0.4 is 5.32 Å². The molecule has 0 spiro atoms. The van der Waals surface area contributed by atoms with Gasteiger partial charge < -0.3 is 19.9 Å². The fraction of sp³-hybridized carbons (Fsp3) is 0.346. The first-order valence-corrected chi connectivity index (χ1v) is 12.2. The number of alkyl carbamates (subject to hydrolysis) is 1. The lowest BCUT2D eigenvalue weighted by Crippen LogP contribution is -2.51. The molecule has 0 radical (unpaired) electrons. The fourth-order valence-electron chi connectivity index (χ4n) is 4.06. The van der Waals surface area contributed by atoms with Gasteiger partial charge in [-0.2, -0.15) is 0 Å². The first-order valence-electron chi connectivity index (χ1n) is 11.3. The molecular weight excluding hydrogens is 448 g/mol. The lowest BCUT2D eigenvalue weighted by atomic mass is 10.0. The monoisotopic (exact) mass is 476 g/mol. The summed E-state index contributed by atoms with van der Waals surface area (Å²) in [6.07, 6.45) is 2.90. The molecule has 34 heavy (non-hydrogen) atoms. The highest BCUT2D eigenvalue weighted by molar-refractivity contribution is 7.10. The molecule has 0 unspecified atom stereocenters. The number of benzene rings is 1. The molecule has 3 aromatic rings. The molecule has 8 heteroatoms. The summed E-state index contributed by atoms with van der Waals surface area (Å²) in [6, 6.07) is 11.2. The molecular formula is C26H28N4O3S. The number of carbonyl (C=O) groups is 2. The van der Waals surface area contributed by atoms with E-state index < -0.39 is 12.1 Å². The third-order valence-electron chi connectivity index (χ3n) is 5.89. The third kappa shape index (κ3) is 5.32. The van der Waals surface area contributed by atoms with Crippen LogP contribution in [0.25, 0.3) is 11.3 Å². The number of aromatic nitrogens is 2. The maximum absolute atomic E-state index is 13.3. The van der Waals surface area contributed by atoms with Crippen LogP contribution >= 0.6 is 11.3 Å². The molecule has 1 aliphatic heterocycles. The van der Waals surface area contributed by atoms with Crippen LogP contribution in [0.3, 0.4) is 0 Å². The zero-order valence-corrected chi connectivity index (χ0v) is 20.3. The van der Waals surface area contributed by atoms with Crippen molar-refractivity contribution in [2.45, 2.75) is 38.8 Å². The van der Waals surface area contributed by atoms with Gasteiger partial charge in [0.15, 0.2) is 0 Å². The van der Waals surface area contributed by atoms with Crippen molar-refractivity contribution in [1.29, 1.82) is 0 Å². The topological polar surface area (TPSA) is 87.3 Å². The quantitative estimate of drug-likeness (QED) is 0.528.